The fraction of sp³-hybridized carbons (Fsp3) is 0.231. The van der Waals surface area contributed by atoms with Crippen LogP contribution in [0.1, 0.15) is 17.3 Å². The fourth-order valence-corrected chi connectivity index (χ4v) is 1.80. The van der Waals surface area contributed by atoms with Crippen molar-refractivity contribution in [2.45, 2.75) is 13.0 Å². The number of fused-ring (bicyclic) bond motifs is 1. The molecule has 2 aromatic rings. The van der Waals surface area contributed by atoms with Crippen LogP contribution in [0.25, 0.3) is 10.9 Å². The second-order valence-corrected chi connectivity index (χ2v) is 4.17. The normalized spacial score (nSPS) is 12.3. The van der Waals surface area contributed by atoms with Crippen molar-refractivity contribution in [3.05, 3.63) is 36.0 Å². The van der Waals surface area contributed by atoms with Gasteiger partial charge in [0, 0.05) is 29.7 Å². The number of nitrogens with one attached hydrogen (secondary N) is 1. The van der Waals surface area contributed by atoms with E-state index in [0.717, 1.165) is 10.9 Å². The number of likely N-dealkylation sites (N-methyl/N-ethyl adjacent to an activating group) is 1. The molecular formula is C13H14N2O3. The van der Waals surface area contributed by atoms with Gasteiger partial charge in [0.25, 0.3) is 5.91 Å². The molecule has 1 aromatic heterocycles. The van der Waals surface area contributed by atoms with Crippen molar-refractivity contribution < 1.29 is 14.7 Å². The Hall–Kier alpha value is -2.30. The van der Waals surface area contributed by atoms with Gasteiger partial charge in [-0.1, -0.05) is 6.07 Å². The van der Waals surface area contributed by atoms with E-state index >= 15 is 0 Å². The quantitative estimate of drug-likeness (QED) is 0.865. The molecule has 1 amide bonds. The van der Waals surface area contributed by atoms with Crippen molar-refractivity contribution >= 4 is 22.8 Å². The minimum atomic E-state index is -1.02. The van der Waals surface area contributed by atoms with E-state index in [4.69, 9.17) is 5.11 Å². The number of benzene rings is 1. The molecule has 0 saturated carbocycles. The zero-order valence-electron chi connectivity index (χ0n) is 10.2. The maximum absolute atomic E-state index is 12.3. The number of carboxylic acids is 1. The van der Waals surface area contributed by atoms with Gasteiger partial charge in [-0.05, 0) is 25.1 Å². The number of aromatic amines is 1. The fourth-order valence-electron chi connectivity index (χ4n) is 1.80. The average Bonchev–Trinajstić information content (AvgIpc) is 2.83. The third-order valence-electron chi connectivity index (χ3n) is 3.08. The predicted octanol–water partition coefficient (Wildman–Crippen LogP) is 1.71. The van der Waals surface area contributed by atoms with E-state index in [0.29, 0.717) is 5.56 Å². The number of aromatic nitrogens is 1. The van der Waals surface area contributed by atoms with Crippen LogP contribution in [-0.2, 0) is 4.79 Å². The largest absolute Gasteiger partial charge is 0.480 e. The number of carboxylic acid groups (broad SMARTS) is 1. The molecule has 1 unspecified atom stereocenters. The Balaban J connectivity index is 2.39. The van der Waals surface area contributed by atoms with Gasteiger partial charge in [0.1, 0.15) is 6.04 Å². The van der Waals surface area contributed by atoms with Gasteiger partial charge < -0.3 is 15.0 Å². The van der Waals surface area contributed by atoms with Crippen LogP contribution in [0.5, 0.6) is 0 Å². The van der Waals surface area contributed by atoms with E-state index in [1.165, 1.54) is 18.9 Å². The zero-order chi connectivity index (χ0) is 13.3. The summed E-state index contributed by atoms with van der Waals surface area (Å²) < 4.78 is 0. The molecule has 0 radical (unpaired) electrons. The number of carbonyl (C=O) groups excluding carboxylic acids is 1. The van der Waals surface area contributed by atoms with Gasteiger partial charge in [-0.2, -0.15) is 0 Å². The van der Waals surface area contributed by atoms with Gasteiger partial charge in [-0.3, -0.25) is 4.79 Å². The van der Waals surface area contributed by atoms with Crippen molar-refractivity contribution in [3.8, 4) is 0 Å². The SMILES string of the molecule is CC(C(=O)O)N(C)C(=O)c1cccc2[nH]ccc12. The lowest BCUT2D eigenvalue weighted by atomic mass is 10.1. The minimum absolute atomic E-state index is 0.296. The lowest BCUT2D eigenvalue weighted by Crippen LogP contribution is -2.40. The minimum Gasteiger partial charge on any atom is -0.480 e. The molecular weight excluding hydrogens is 232 g/mol. The molecule has 18 heavy (non-hydrogen) atoms. The number of aliphatic carboxylic acids is 1. The van der Waals surface area contributed by atoms with Crippen LogP contribution in [-0.4, -0.2) is 40.0 Å². The second-order valence-electron chi connectivity index (χ2n) is 4.17. The van der Waals surface area contributed by atoms with Gasteiger partial charge in [0.05, 0.1) is 0 Å². The number of H-pyrrole nitrogens is 1. The summed E-state index contributed by atoms with van der Waals surface area (Å²) in [5.41, 5.74) is 1.36. The van der Waals surface area contributed by atoms with E-state index in [2.05, 4.69) is 4.98 Å². The zero-order valence-corrected chi connectivity index (χ0v) is 10.2. The Labute approximate surface area is 104 Å². The monoisotopic (exact) mass is 246 g/mol. The number of rotatable bonds is 3. The summed E-state index contributed by atoms with van der Waals surface area (Å²) >= 11 is 0. The molecule has 0 aliphatic carbocycles. The summed E-state index contributed by atoms with van der Waals surface area (Å²) in [6, 6.07) is 6.29. The summed E-state index contributed by atoms with van der Waals surface area (Å²) in [6.45, 7) is 1.48. The second kappa shape index (κ2) is 4.52. The van der Waals surface area contributed by atoms with Gasteiger partial charge in [-0.25, -0.2) is 4.79 Å². The standard InChI is InChI=1S/C13H14N2O3/c1-8(13(17)18)15(2)12(16)10-4-3-5-11-9(10)6-7-14-11/h3-8,14H,1-2H3,(H,17,18). The molecule has 0 saturated heterocycles. The van der Waals surface area contributed by atoms with E-state index in [9.17, 15) is 9.59 Å². The first-order valence-corrected chi connectivity index (χ1v) is 5.58. The van der Waals surface area contributed by atoms with Crippen molar-refractivity contribution in [2.24, 2.45) is 0 Å². The predicted molar refractivity (Wildman–Crippen MR) is 67.5 cm³/mol. The molecule has 0 bridgehead atoms. The topological polar surface area (TPSA) is 73.4 Å². The molecule has 0 spiro atoms. The van der Waals surface area contributed by atoms with Gasteiger partial charge in [-0.15, -0.1) is 0 Å². The van der Waals surface area contributed by atoms with Crippen LogP contribution in [0.15, 0.2) is 30.5 Å². The van der Waals surface area contributed by atoms with Crippen LogP contribution in [0.3, 0.4) is 0 Å². The maximum Gasteiger partial charge on any atom is 0.326 e. The molecule has 5 heteroatoms. The molecule has 0 aliphatic rings. The average molecular weight is 246 g/mol. The lowest BCUT2D eigenvalue weighted by molar-refractivity contribution is -0.141. The van der Waals surface area contributed by atoms with Crippen LogP contribution in [0.4, 0.5) is 0 Å². The summed E-state index contributed by atoms with van der Waals surface area (Å²) in [5.74, 6) is -1.32. The molecule has 94 valence electrons. The van der Waals surface area contributed by atoms with Crippen molar-refractivity contribution in [3.63, 3.8) is 0 Å². The highest BCUT2D eigenvalue weighted by Crippen LogP contribution is 2.19. The first kappa shape index (κ1) is 12.2. The summed E-state index contributed by atoms with van der Waals surface area (Å²) in [6.07, 6.45) is 1.75. The molecule has 1 heterocycles. The van der Waals surface area contributed by atoms with Crippen LogP contribution in [0.2, 0.25) is 0 Å². The molecule has 2 rings (SSSR count). The van der Waals surface area contributed by atoms with Gasteiger partial charge >= 0.3 is 5.97 Å². The van der Waals surface area contributed by atoms with Crippen LogP contribution in [0, 0.1) is 0 Å². The molecule has 5 nitrogen and oxygen atoms in total. The number of amides is 1. The highest BCUT2D eigenvalue weighted by molar-refractivity contribution is 6.07. The Bertz CT molecular complexity index is 603. The molecule has 1 aromatic carbocycles. The van der Waals surface area contributed by atoms with Crippen molar-refractivity contribution in [1.82, 2.24) is 9.88 Å². The number of hydrogen-bond acceptors (Lipinski definition) is 2. The summed E-state index contributed by atoms with van der Waals surface area (Å²) in [7, 11) is 1.49. The van der Waals surface area contributed by atoms with E-state index < -0.39 is 12.0 Å². The van der Waals surface area contributed by atoms with E-state index in [-0.39, 0.29) is 5.91 Å². The highest BCUT2D eigenvalue weighted by atomic mass is 16.4. The van der Waals surface area contributed by atoms with Gasteiger partial charge in [0.15, 0.2) is 0 Å². The number of hydrogen-bond donors (Lipinski definition) is 2. The summed E-state index contributed by atoms with van der Waals surface area (Å²) in [4.78, 5) is 27.4. The molecule has 1 atom stereocenters. The lowest BCUT2D eigenvalue weighted by Gasteiger charge is -2.21. The third kappa shape index (κ3) is 1.95. The van der Waals surface area contributed by atoms with E-state index in [1.807, 2.05) is 12.1 Å². The number of carbonyl (C=O) groups is 2. The Morgan fingerprint density at radius 2 is 2.06 bits per heavy atom. The Morgan fingerprint density at radius 3 is 2.72 bits per heavy atom. The smallest absolute Gasteiger partial charge is 0.326 e. The Morgan fingerprint density at radius 1 is 1.33 bits per heavy atom. The van der Waals surface area contributed by atoms with Gasteiger partial charge in [0.2, 0.25) is 0 Å². The third-order valence-corrected chi connectivity index (χ3v) is 3.08. The van der Waals surface area contributed by atoms with Crippen LogP contribution < -0.4 is 0 Å². The van der Waals surface area contributed by atoms with E-state index in [1.54, 1.807) is 18.3 Å². The first-order valence-electron chi connectivity index (χ1n) is 5.58. The van der Waals surface area contributed by atoms with Crippen molar-refractivity contribution in [2.75, 3.05) is 7.05 Å². The van der Waals surface area contributed by atoms with Crippen LogP contribution >= 0.6 is 0 Å². The highest BCUT2D eigenvalue weighted by Gasteiger charge is 2.23. The molecule has 0 aliphatic heterocycles. The molecule has 2 N–H and O–H groups in total. The Kier molecular flexibility index (Phi) is 3.06. The maximum atomic E-state index is 12.3. The number of nitrogens with zero attached hydrogens (tertiary/aromatic N) is 1. The van der Waals surface area contributed by atoms with Crippen molar-refractivity contribution in [1.29, 1.82) is 0 Å². The first-order chi connectivity index (χ1) is 8.52. The molecule has 0 fully saturated rings. The summed E-state index contributed by atoms with van der Waals surface area (Å²) in [5, 5.41) is 9.72.